The highest BCUT2D eigenvalue weighted by atomic mass is 32.1. The zero-order valence-corrected chi connectivity index (χ0v) is 11.2. The Hall–Kier alpha value is -1.89. The van der Waals surface area contributed by atoms with E-state index in [1.165, 1.54) is 11.3 Å². The minimum absolute atomic E-state index is 0.171. The van der Waals surface area contributed by atoms with E-state index in [4.69, 9.17) is 4.74 Å². The molecule has 0 unspecified atom stereocenters. The molecular weight excluding hydrogens is 268 g/mol. The number of carbonyl (C=O) groups is 3. The zero-order valence-electron chi connectivity index (χ0n) is 10.4. The molecule has 102 valence electrons. The van der Waals surface area contributed by atoms with Gasteiger partial charge in [0, 0.05) is 10.9 Å². The lowest BCUT2D eigenvalue weighted by Crippen LogP contribution is -2.42. The number of carbonyl (C=O) groups excluding carboxylic acids is 3. The van der Waals surface area contributed by atoms with E-state index < -0.39 is 24.5 Å². The van der Waals surface area contributed by atoms with E-state index in [-0.39, 0.29) is 6.04 Å². The van der Waals surface area contributed by atoms with Gasteiger partial charge in [0.1, 0.15) is 4.88 Å². The maximum Gasteiger partial charge on any atom is 0.348 e. The van der Waals surface area contributed by atoms with E-state index in [9.17, 15) is 14.4 Å². The van der Waals surface area contributed by atoms with E-state index in [0.29, 0.717) is 4.88 Å². The number of hydrogen-bond acceptors (Lipinski definition) is 5. The van der Waals surface area contributed by atoms with Crippen LogP contribution in [0, 0.1) is 6.92 Å². The number of ether oxygens (including phenoxy) is 1. The Kier molecular flexibility index (Phi) is 4.16. The first-order chi connectivity index (χ1) is 9.04. The van der Waals surface area contributed by atoms with Crippen molar-refractivity contribution in [3.63, 3.8) is 0 Å². The Bertz CT molecular complexity index is 508. The summed E-state index contributed by atoms with van der Waals surface area (Å²) in [4.78, 5) is 35.6. The molecule has 7 heteroatoms. The molecule has 0 radical (unpaired) electrons. The topological polar surface area (TPSA) is 84.5 Å². The summed E-state index contributed by atoms with van der Waals surface area (Å²) in [5.41, 5.74) is 0. The smallest absolute Gasteiger partial charge is 0.348 e. The predicted octanol–water partition coefficient (Wildman–Crippen LogP) is 1.20. The molecule has 2 rings (SSSR count). The molecule has 1 heterocycles. The van der Waals surface area contributed by atoms with E-state index in [0.717, 1.165) is 17.7 Å². The highest BCUT2D eigenvalue weighted by Crippen LogP contribution is 2.18. The van der Waals surface area contributed by atoms with E-state index >= 15 is 0 Å². The summed E-state index contributed by atoms with van der Waals surface area (Å²) in [6.45, 7) is 1.41. The highest BCUT2D eigenvalue weighted by molar-refractivity contribution is 7.13. The molecule has 1 aromatic rings. The van der Waals surface area contributed by atoms with Crippen LogP contribution in [0.4, 0.5) is 4.79 Å². The van der Waals surface area contributed by atoms with Crippen molar-refractivity contribution in [3.8, 4) is 0 Å². The molecular formula is C12H14N2O4S. The van der Waals surface area contributed by atoms with Gasteiger partial charge < -0.3 is 10.1 Å². The molecule has 0 atom stereocenters. The lowest BCUT2D eigenvalue weighted by Gasteiger charge is -2.05. The molecule has 6 nitrogen and oxygen atoms in total. The SMILES string of the molecule is Cc1ccc(C(=O)OCC(=O)NC(=O)NC2CC2)s1. The Morgan fingerprint density at radius 2 is 2.11 bits per heavy atom. The van der Waals surface area contributed by atoms with Gasteiger partial charge in [-0.05, 0) is 31.9 Å². The quantitative estimate of drug-likeness (QED) is 0.813. The summed E-state index contributed by atoms with van der Waals surface area (Å²) in [7, 11) is 0. The maximum atomic E-state index is 11.5. The Labute approximate surface area is 114 Å². The van der Waals surface area contributed by atoms with Crippen molar-refractivity contribution in [1.82, 2.24) is 10.6 Å². The lowest BCUT2D eigenvalue weighted by atomic mass is 10.4. The van der Waals surface area contributed by atoms with Gasteiger partial charge >= 0.3 is 12.0 Å². The number of rotatable bonds is 4. The standard InChI is InChI=1S/C12H14N2O4S/c1-7-2-5-9(19-7)11(16)18-6-10(15)14-12(17)13-8-3-4-8/h2,5,8H,3-4,6H2,1H3,(H2,13,14,15,17). The molecule has 1 fully saturated rings. The van der Waals surface area contributed by atoms with E-state index in [1.807, 2.05) is 6.92 Å². The molecule has 0 spiro atoms. The highest BCUT2D eigenvalue weighted by Gasteiger charge is 2.24. The number of nitrogens with one attached hydrogen (secondary N) is 2. The third-order valence-electron chi connectivity index (χ3n) is 2.44. The van der Waals surface area contributed by atoms with Crippen LogP contribution in [0.3, 0.4) is 0 Å². The molecule has 1 aliphatic carbocycles. The number of esters is 1. The predicted molar refractivity (Wildman–Crippen MR) is 69.0 cm³/mol. The Balaban J connectivity index is 1.70. The van der Waals surface area contributed by atoms with Crippen molar-refractivity contribution >= 4 is 29.2 Å². The molecule has 3 amide bonds. The molecule has 1 aliphatic rings. The minimum Gasteiger partial charge on any atom is -0.451 e. The van der Waals surface area contributed by atoms with Crippen molar-refractivity contribution in [3.05, 3.63) is 21.9 Å². The van der Waals surface area contributed by atoms with Crippen molar-refractivity contribution in [1.29, 1.82) is 0 Å². The molecule has 0 saturated heterocycles. The Morgan fingerprint density at radius 3 is 2.68 bits per heavy atom. The van der Waals surface area contributed by atoms with Crippen LogP contribution in [0.1, 0.15) is 27.4 Å². The zero-order chi connectivity index (χ0) is 13.8. The first kappa shape index (κ1) is 13.5. The van der Waals surface area contributed by atoms with Crippen molar-refractivity contribution in [2.75, 3.05) is 6.61 Å². The third kappa shape index (κ3) is 4.36. The Morgan fingerprint density at radius 1 is 1.37 bits per heavy atom. The summed E-state index contributed by atoms with van der Waals surface area (Å²) in [6, 6.07) is 3.06. The van der Waals surface area contributed by atoms with Crippen LogP contribution in [0.2, 0.25) is 0 Å². The molecule has 0 aromatic carbocycles. The monoisotopic (exact) mass is 282 g/mol. The fourth-order valence-electron chi connectivity index (χ4n) is 1.36. The minimum atomic E-state index is -0.639. The van der Waals surface area contributed by atoms with Crippen LogP contribution < -0.4 is 10.6 Å². The van der Waals surface area contributed by atoms with Gasteiger partial charge in [0.2, 0.25) is 0 Å². The molecule has 1 aromatic heterocycles. The number of imide groups is 1. The first-order valence-corrected chi connectivity index (χ1v) is 6.70. The van der Waals surface area contributed by atoms with Crippen molar-refractivity contribution in [2.24, 2.45) is 0 Å². The molecule has 2 N–H and O–H groups in total. The molecule has 19 heavy (non-hydrogen) atoms. The molecule has 0 aliphatic heterocycles. The lowest BCUT2D eigenvalue weighted by molar-refractivity contribution is -0.123. The van der Waals surface area contributed by atoms with Crippen LogP contribution in [-0.4, -0.2) is 30.6 Å². The van der Waals surface area contributed by atoms with Gasteiger partial charge in [0.05, 0.1) is 0 Å². The van der Waals surface area contributed by atoms with Crippen molar-refractivity contribution < 1.29 is 19.1 Å². The fraction of sp³-hybridized carbons (Fsp3) is 0.417. The van der Waals surface area contributed by atoms with E-state index in [1.54, 1.807) is 12.1 Å². The van der Waals surface area contributed by atoms with Crippen LogP contribution in [0.15, 0.2) is 12.1 Å². The van der Waals surface area contributed by atoms with Crippen LogP contribution >= 0.6 is 11.3 Å². The summed E-state index contributed by atoms with van der Waals surface area (Å²) < 4.78 is 4.80. The van der Waals surface area contributed by atoms with E-state index in [2.05, 4.69) is 10.6 Å². The largest absolute Gasteiger partial charge is 0.451 e. The van der Waals surface area contributed by atoms with Crippen LogP contribution in [0.25, 0.3) is 0 Å². The van der Waals surface area contributed by atoms with Crippen molar-refractivity contribution in [2.45, 2.75) is 25.8 Å². The average molecular weight is 282 g/mol. The van der Waals surface area contributed by atoms with Gasteiger partial charge in [0.15, 0.2) is 6.61 Å². The van der Waals surface area contributed by atoms with Crippen LogP contribution in [0.5, 0.6) is 0 Å². The summed E-state index contributed by atoms with van der Waals surface area (Å²) in [6.07, 6.45) is 1.88. The van der Waals surface area contributed by atoms with Gasteiger partial charge in [-0.25, -0.2) is 9.59 Å². The second kappa shape index (κ2) is 5.83. The second-order valence-corrected chi connectivity index (χ2v) is 5.57. The van der Waals surface area contributed by atoms with Gasteiger partial charge in [-0.2, -0.15) is 0 Å². The van der Waals surface area contributed by atoms with Gasteiger partial charge in [-0.1, -0.05) is 0 Å². The molecule has 1 saturated carbocycles. The second-order valence-electron chi connectivity index (χ2n) is 4.28. The fourth-order valence-corrected chi connectivity index (χ4v) is 2.12. The number of thiophene rings is 1. The molecule has 0 bridgehead atoms. The number of hydrogen-bond donors (Lipinski definition) is 2. The third-order valence-corrected chi connectivity index (χ3v) is 3.42. The van der Waals surface area contributed by atoms with Gasteiger partial charge in [0.25, 0.3) is 5.91 Å². The first-order valence-electron chi connectivity index (χ1n) is 5.88. The maximum absolute atomic E-state index is 11.5. The summed E-state index contributed by atoms with van der Waals surface area (Å²) in [5.74, 6) is -1.20. The van der Waals surface area contributed by atoms with Crippen LogP contribution in [-0.2, 0) is 9.53 Å². The number of amides is 3. The van der Waals surface area contributed by atoms with Gasteiger partial charge in [-0.15, -0.1) is 11.3 Å². The normalized spacial score (nSPS) is 13.7. The van der Waals surface area contributed by atoms with Gasteiger partial charge in [-0.3, -0.25) is 10.1 Å². The number of aryl methyl sites for hydroxylation is 1. The number of urea groups is 1. The average Bonchev–Trinajstić information content (AvgIpc) is 3.04. The summed E-state index contributed by atoms with van der Waals surface area (Å²) in [5, 5.41) is 4.70. The summed E-state index contributed by atoms with van der Waals surface area (Å²) >= 11 is 1.29.